The third-order valence-electron chi connectivity index (χ3n) is 3.43. The van der Waals surface area contributed by atoms with E-state index in [2.05, 4.69) is 38.2 Å². The van der Waals surface area contributed by atoms with Crippen LogP contribution in [-0.2, 0) is 11.2 Å². The van der Waals surface area contributed by atoms with Gasteiger partial charge in [0.05, 0.1) is 6.10 Å². The first-order valence-electron chi connectivity index (χ1n) is 7.03. The number of ether oxygens (including phenoxy) is 1. The molecular weight excluding hydrogens is 258 g/mol. The molecule has 108 valence electrons. The monoisotopic (exact) mass is 283 g/mol. The summed E-state index contributed by atoms with van der Waals surface area (Å²) in [6, 6.07) is 6.53. The molecule has 1 rings (SSSR count). The SMILES string of the molecule is CCOC(C(C)C)C(Cc1ccc(C)cc1Cl)NC. The predicted molar refractivity (Wildman–Crippen MR) is 83.0 cm³/mol. The van der Waals surface area contributed by atoms with Crippen molar-refractivity contribution >= 4 is 11.6 Å². The van der Waals surface area contributed by atoms with Gasteiger partial charge < -0.3 is 10.1 Å². The molecule has 0 aliphatic heterocycles. The highest BCUT2D eigenvalue weighted by molar-refractivity contribution is 6.31. The van der Waals surface area contributed by atoms with Crippen molar-refractivity contribution in [1.29, 1.82) is 0 Å². The molecule has 0 amide bonds. The van der Waals surface area contributed by atoms with Crippen LogP contribution in [0.3, 0.4) is 0 Å². The molecule has 2 atom stereocenters. The van der Waals surface area contributed by atoms with Crippen molar-refractivity contribution in [1.82, 2.24) is 5.32 Å². The van der Waals surface area contributed by atoms with Crippen molar-refractivity contribution in [3.63, 3.8) is 0 Å². The minimum atomic E-state index is 0.201. The van der Waals surface area contributed by atoms with Gasteiger partial charge in [0.1, 0.15) is 0 Å². The minimum Gasteiger partial charge on any atom is -0.377 e. The predicted octanol–water partition coefficient (Wildman–Crippen LogP) is 3.84. The van der Waals surface area contributed by atoms with Crippen molar-refractivity contribution in [2.24, 2.45) is 5.92 Å². The van der Waals surface area contributed by atoms with E-state index in [4.69, 9.17) is 16.3 Å². The molecule has 3 heteroatoms. The summed E-state index contributed by atoms with van der Waals surface area (Å²) in [4.78, 5) is 0. The van der Waals surface area contributed by atoms with E-state index >= 15 is 0 Å². The zero-order valence-electron chi connectivity index (χ0n) is 12.7. The highest BCUT2D eigenvalue weighted by Crippen LogP contribution is 2.22. The first kappa shape index (κ1) is 16.5. The van der Waals surface area contributed by atoms with Crippen molar-refractivity contribution in [2.75, 3.05) is 13.7 Å². The largest absolute Gasteiger partial charge is 0.377 e. The summed E-state index contributed by atoms with van der Waals surface area (Å²) < 4.78 is 5.89. The van der Waals surface area contributed by atoms with Crippen LogP contribution in [0.2, 0.25) is 5.02 Å². The molecule has 0 aromatic heterocycles. The van der Waals surface area contributed by atoms with Crippen LogP contribution in [0.5, 0.6) is 0 Å². The summed E-state index contributed by atoms with van der Waals surface area (Å²) in [5, 5.41) is 4.22. The van der Waals surface area contributed by atoms with Gasteiger partial charge in [-0.05, 0) is 50.4 Å². The van der Waals surface area contributed by atoms with Crippen LogP contribution in [0.25, 0.3) is 0 Å². The van der Waals surface area contributed by atoms with E-state index in [-0.39, 0.29) is 12.1 Å². The zero-order chi connectivity index (χ0) is 14.4. The highest BCUT2D eigenvalue weighted by Gasteiger charge is 2.24. The van der Waals surface area contributed by atoms with Crippen LogP contribution < -0.4 is 5.32 Å². The summed E-state index contributed by atoms with van der Waals surface area (Å²) in [5.41, 5.74) is 2.37. The fraction of sp³-hybridized carbons (Fsp3) is 0.625. The van der Waals surface area contributed by atoms with Gasteiger partial charge in [-0.3, -0.25) is 0 Å². The molecule has 0 spiro atoms. The van der Waals surface area contributed by atoms with Gasteiger partial charge in [0, 0.05) is 17.7 Å². The molecule has 0 aliphatic carbocycles. The van der Waals surface area contributed by atoms with Crippen LogP contribution in [0.4, 0.5) is 0 Å². The van der Waals surface area contributed by atoms with Crippen molar-refractivity contribution in [2.45, 2.75) is 46.3 Å². The highest BCUT2D eigenvalue weighted by atomic mass is 35.5. The molecule has 1 N–H and O–H groups in total. The van der Waals surface area contributed by atoms with E-state index in [1.165, 1.54) is 11.1 Å². The van der Waals surface area contributed by atoms with E-state index in [0.717, 1.165) is 18.1 Å². The Labute approximate surface area is 122 Å². The van der Waals surface area contributed by atoms with E-state index in [1.807, 2.05) is 20.0 Å². The van der Waals surface area contributed by atoms with E-state index in [0.29, 0.717) is 5.92 Å². The topological polar surface area (TPSA) is 21.3 Å². The number of hydrogen-bond acceptors (Lipinski definition) is 2. The molecule has 2 nitrogen and oxygen atoms in total. The van der Waals surface area contributed by atoms with E-state index in [1.54, 1.807) is 0 Å². The van der Waals surface area contributed by atoms with Crippen LogP contribution >= 0.6 is 11.6 Å². The number of likely N-dealkylation sites (N-methyl/N-ethyl adjacent to an activating group) is 1. The molecule has 0 saturated heterocycles. The smallest absolute Gasteiger partial charge is 0.0753 e. The average Bonchev–Trinajstić information content (AvgIpc) is 2.35. The Kier molecular flexibility index (Phi) is 6.84. The summed E-state index contributed by atoms with van der Waals surface area (Å²) in [6.07, 6.45) is 1.09. The van der Waals surface area contributed by atoms with Crippen LogP contribution in [0.1, 0.15) is 31.9 Å². The molecular formula is C16H26ClNO. The minimum absolute atomic E-state index is 0.201. The van der Waals surface area contributed by atoms with Gasteiger partial charge in [-0.1, -0.05) is 37.6 Å². The molecule has 0 bridgehead atoms. The van der Waals surface area contributed by atoms with Gasteiger partial charge in [-0.15, -0.1) is 0 Å². The lowest BCUT2D eigenvalue weighted by Gasteiger charge is -2.30. The first-order chi connectivity index (χ1) is 8.99. The Balaban J connectivity index is 2.85. The normalized spacial score (nSPS) is 14.7. The maximum atomic E-state index is 6.32. The quantitative estimate of drug-likeness (QED) is 0.821. The lowest BCUT2D eigenvalue weighted by Crippen LogP contribution is -2.44. The maximum Gasteiger partial charge on any atom is 0.0753 e. The molecule has 0 radical (unpaired) electrons. The fourth-order valence-electron chi connectivity index (χ4n) is 2.40. The maximum absolute atomic E-state index is 6.32. The Morgan fingerprint density at radius 2 is 2.00 bits per heavy atom. The third kappa shape index (κ3) is 4.79. The lowest BCUT2D eigenvalue weighted by atomic mass is 9.93. The summed E-state index contributed by atoms with van der Waals surface area (Å²) >= 11 is 6.32. The Bertz CT molecular complexity index is 392. The summed E-state index contributed by atoms with van der Waals surface area (Å²) in [7, 11) is 1.99. The van der Waals surface area contributed by atoms with Crippen LogP contribution in [-0.4, -0.2) is 25.8 Å². The number of benzene rings is 1. The summed E-state index contributed by atoms with van der Waals surface area (Å²) in [6.45, 7) is 9.23. The van der Waals surface area contributed by atoms with Crippen LogP contribution in [0, 0.1) is 12.8 Å². The number of aryl methyl sites for hydroxylation is 1. The number of rotatable bonds is 7. The Morgan fingerprint density at radius 3 is 2.47 bits per heavy atom. The number of halogens is 1. The zero-order valence-corrected chi connectivity index (χ0v) is 13.4. The van der Waals surface area contributed by atoms with E-state index in [9.17, 15) is 0 Å². The lowest BCUT2D eigenvalue weighted by molar-refractivity contribution is 0.00536. The molecule has 0 saturated carbocycles. The van der Waals surface area contributed by atoms with Crippen molar-refractivity contribution in [3.05, 3.63) is 34.3 Å². The molecule has 0 aliphatic rings. The number of hydrogen-bond donors (Lipinski definition) is 1. The molecule has 0 fully saturated rings. The van der Waals surface area contributed by atoms with Gasteiger partial charge in [0.15, 0.2) is 0 Å². The van der Waals surface area contributed by atoms with Gasteiger partial charge in [-0.2, -0.15) is 0 Å². The van der Waals surface area contributed by atoms with Crippen LogP contribution in [0.15, 0.2) is 18.2 Å². The second-order valence-corrected chi connectivity index (χ2v) is 5.77. The number of nitrogens with one attached hydrogen (secondary N) is 1. The molecule has 19 heavy (non-hydrogen) atoms. The second kappa shape index (κ2) is 7.88. The van der Waals surface area contributed by atoms with E-state index < -0.39 is 0 Å². The van der Waals surface area contributed by atoms with Gasteiger partial charge >= 0.3 is 0 Å². The fourth-order valence-corrected chi connectivity index (χ4v) is 2.72. The Hall–Kier alpha value is -0.570. The van der Waals surface area contributed by atoms with Gasteiger partial charge in [0.25, 0.3) is 0 Å². The molecule has 1 aromatic rings. The molecule has 0 heterocycles. The second-order valence-electron chi connectivity index (χ2n) is 5.36. The molecule has 2 unspecified atom stereocenters. The first-order valence-corrected chi connectivity index (χ1v) is 7.41. The summed E-state index contributed by atoms with van der Waals surface area (Å²) in [5.74, 6) is 0.474. The van der Waals surface area contributed by atoms with Crippen molar-refractivity contribution in [3.8, 4) is 0 Å². The Morgan fingerprint density at radius 1 is 1.32 bits per heavy atom. The van der Waals surface area contributed by atoms with Crippen molar-refractivity contribution < 1.29 is 4.74 Å². The third-order valence-corrected chi connectivity index (χ3v) is 3.78. The molecule has 1 aromatic carbocycles. The standard InChI is InChI=1S/C16H26ClNO/c1-6-19-16(11(2)3)15(18-5)10-13-8-7-12(4)9-14(13)17/h7-9,11,15-16,18H,6,10H2,1-5H3. The van der Waals surface area contributed by atoms with Gasteiger partial charge in [-0.25, -0.2) is 0 Å². The average molecular weight is 284 g/mol. The van der Waals surface area contributed by atoms with Gasteiger partial charge in [0.2, 0.25) is 0 Å².